The molecule has 0 spiro atoms. The van der Waals surface area contributed by atoms with E-state index in [9.17, 15) is 10.1 Å². The minimum absolute atomic E-state index is 0.0302. The second-order valence-electron chi connectivity index (χ2n) is 6.78. The summed E-state index contributed by atoms with van der Waals surface area (Å²) in [6, 6.07) is 17.5. The number of carbonyl (C=O) groups excluding carboxylic acids is 1. The first-order valence-corrected chi connectivity index (χ1v) is 9.72. The Balaban J connectivity index is 1.75. The number of hydrogen-bond acceptors (Lipinski definition) is 5. The molecule has 1 amide bonds. The molecule has 0 aliphatic heterocycles. The van der Waals surface area contributed by atoms with E-state index in [1.165, 1.54) is 11.3 Å². The van der Waals surface area contributed by atoms with E-state index in [0.717, 1.165) is 16.8 Å². The van der Waals surface area contributed by atoms with E-state index in [1.807, 2.05) is 48.5 Å². The third-order valence-electron chi connectivity index (χ3n) is 5.28. The maximum atomic E-state index is 13.8. The van der Waals surface area contributed by atoms with Crippen molar-refractivity contribution in [2.45, 2.75) is 26.2 Å². The summed E-state index contributed by atoms with van der Waals surface area (Å²) in [5.41, 5.74) is 4.76. The lowest BCUT2D eigenvalue weighted by Crippen LogP contribution is -2.42. The number of nitriles is 1. The van der Waals surface area contributed by atoms with E-state index in [1.54, 1.807) is 10.4 Å². The predicted octanol–water partition coefficient (Wildman–Crippen LogP) is 4.27. The Morgan fingerprint density at radius 3 is 2.67 bits per heavy atom. The van der Waals surface area contributed by atoms with E-state index >= 15 is 0 Å². The van der Waals surface area contributed by atoms with Crippen molar-refractivity contribution in [3.05, 3.63) is 70.7 Å². The summed E-state index contributed by atoms with van der Waals surface area (Å²) in [5.74, 6) is 0.0302. The second kappa shape index (κ2) is 6.93. The minimum Gasteiger partial charge on any atom is -0.273 e. The summed E-state index contributed by atoms with van der Waals surface area (Å²) >= 11 is 1.35. The van der Waals surface area contributed by atoms with E-state index in [4.69, 9.17) is 0 Å². The third kappa shape index (κ3) is 3.00. The molecule has 1 atom stereocenters. The first-order valence-electron chi connectivity index (χ1n) is 8.84. The van der Waals surface area contributed by atoms with Gasteiger partial charge >= 0.3 is 0 Å². The zero-order chi connectivity index (χ0) is 18.9. The molecule has 5 nitrogen and oxygen atoms in total. The van der Waals surface area contributed by atoms with Crippen molar-refractivity contribution in [1.82, 2.24) is 10.2 Å². The average Bonchev–Trinajstić information content (AvgIpc) is 3.36. The van der Waals surface area contributed by atoms with Crippen LogP contribution in [0.4, 0.5) is 10.8 Å². The van der Waals surface area contributed by atoms with Crippen LogP contribution in [0.15, 0.2) is 54.0 Å². The average molecular weight is 374 g/mol. The number of amides is 1. The Morgan fingerprint density at radius 2 is 2.00 bits per heavy atom. The van der Waals surface area contributed by atoms with Crippen LogP contribution in [0.1, 0.15) is 30.0 Å². The lowest BCUT2D eigenvalue weighted by atomic mass is 9.80. The molecule has 1 heterocycles. The Morgan fingerprint density at radius 1 is 1.22 bits per heavy atom. The van der Waals surface area contributed by atoms with Crippen LogP contribution < -0.4 is 4.90 Å². The number of rotatable bonds is 4. The third-order valence-corrected chi connectivity index (χ3v) is 5.96. The molecule has 6 heteroatoms. The number of anilines is 2. The quantitative estimate of drug-likeness (QED) is 0.684. The van der Waals surface area contributed by atoms with Crippen LogP contribution in [0.5, 0.6) is 0 Å². The van der Waals surface area contributed by atoms with E-state index in [2.05, 4.69) is 23.2 Å². The van der Waals surface area contributed by atoms with E-state index < -0.39 is 5.41 Å². The molecule has 2 aromatic carbocycles. The highest BCUT2D eigenvalue weighted by molar-refractivity contribution is 7.13. The SMILES string of the molecule is CCC1(C(=O)N(c2ccccc2)c2nncs2)Cc2ccc(C#N)cc2C1. The van der Waals surface area contributed by atoms with Crippen LogP contribution in [0, 0.1) is 16.7 Å². The Labute approximate surface area is 161 Å². The fourth-order valence-corrected chi connectivity index (χ4v) is 4.35. The number of aromatic nitrogens is 2. The van der Waals surface area contributed by atoms with Gasteiger partial charge in [-0.15, -0.1) is 10.2 Å². The highest BCUT2D eigenvalue weighted by Gasteiger charge is 2.45. The van der Waals surface area contributed by atoms with Crippen molar-refractivity contribution in [2.75, 3.05) is 4.90 Å². The van der Waals surface area contributed by atoms with Gasteiger partial charge in [-0.1, -0.05) is 42.5 Å². The lowest BCUT2D eigenvalue weighted by molar-refractivity contribution is -0.127. The monoisotopic (exact) mass is 374 g/mol. The second-order valence-corrected chi connectivity index (χ2v) is 7.59. The first kappa shape index (κ1) is 17.4. The molecule has 0 saturated heterocycles. The molecule has 1 aliphatic rings. The number of benzene rings is 2. The van der Waals surface area contributed by atoms with Crippen LogP contribution in [0.3, 0.4) is 0 Å². The van der Waals surface area contributed by atoms with E-state index in [-0.39, 0.29) is 5.91 Å². The Kier molecular flexibility index (Phi) is 4.46. The maximum absolute atomic E-state index is 13.8. The molecule has 0 fully saturated rings. The van der Waals surface area contributed by atoms with Crippen LogP contribution in [-0.2, 0) is 17.6 Å². The van der Waals surface area contributed by atoms with Crippen LogP contribution in [0.2, 0.25) is 0 Å². The molecule has 27 heavy (non-hydrogen) atoms. The molecule has 0 bridgehead atoms. The van der Waals surface area contributed by atoms with Gasteiger partial charge in [-0.25, -0.2) is 0 Å². The highest BCUT2D eigenvalue weighted by Crippen LogP contribution is 2.44. The van der Waals surface area contributed by atoms with Gasteiger partial charge in [0.25, 0.3) is 0 Å². The van der Waals surface area contributed by atoms with Gasteiger partial charge < -0.3 is 0 Å². The molecule has 134 valence electrons. The van der Waals surface area contributed by atoms with Gasteiger partial charge in [0.1, 0.15) is 5.51 Å². The summed E-state index contributed by atoms with van der Waals surface area (Å²) in [7, 11) is 0. The van der Waals surface area contributed by atoms with Crippen molar-refractivity contribution in [3.8, 4) is 6.07 Å². The molecule has 1 unspecified atom stereocenters. The van der Waals surface area contributed by atoms with Gasteiger partial charge in [0.2, 0.25) is 11.0 Å². The fraction of sp³-hybridized carbons (Fsp3) is 0.238. The molecular weight excluding hydrogens is 356 g/mol. The van der Waals surface area contributed by atoms with Crippen LogP contribution in [0.25, 0.3) is 0 Å². The zero-order valence-corrected chi connectivity index (χ0v) is 15.7. The van der Waals surface area contributed by atoms with Crippen molar-refractivity contribution in [3.63, 3.8) is 0 Å². The summed E-state index contributed by atoms with van der Waals surface area (Å²) in [4.78, 5) is 15.5. The van der Waals surface area contributed by atoms with Crippen LogP contribution >= 0.6 is 11.3 Å². The largest absolute Gasteiger partial charge is 0.273 e. The number of nitrogens with zero attached hydrogens (tertiary/aromatic N) is 4. The maximum Gasteiger partial charge on any atom is 0.240 e. The van der Waals surface area contributed by atoms with Gasteiger partial charge in [-0.3, -0.25) is 9.69 Å². The molecule has 0 N–H and O–H groups in total. The minimum atomic E-state index is -0.544. The summed E-state index contributed by atoms with van der Waals surface area (Å²) < 4.78 is 0. The molecule has 0 radical (unpaired) electrons. The molecular formula is C21H18N4OS. The fourth-order valence-electron chi connectivity index (χ4n) is 3.77. The van der Waals surface area contributed by atoms with Gasteiger partial charge in [0.05, 0.1) is 22.7 Å². The van der Waals surface area contributed by atoms with Gasteiger partial charge in [0, 0.05) is 0 Å². The zero-order valence-electron chi connectivity index (χ0n) is 14.9. The molecule has 0 saturated carbocycles. The molecule has 1 aromatic heterocycles. The smallest absolute Gasteiger partial charge is 0.240 e. The van der Waals surface area contributed by atoms with Gasteiger partial charge in [0.15, 0.2) is 0 Å². The standard InChI is InChI=1S/C21H18N4OS/c1-2-21(11-16-9-8-15(13-22)10-17(16)12-21)19(26)25(20-24-23-14-27-20)18-6-4-3-5-7-18/h3-10,14H,2,11-12H2,1H3. The van der Waals surface area contributed by atoms with Gasteiger partial charge in [-0.2, -0.15) is 5.26 Å². The Bertz CT molecular complexity index is 1010. The van der Waals surface area contributed by atoms with E-state index in [0.29, 0.717) is 30.0 Å². The highest BCUT2D eigenvalue weighted by atomic mass is 32.1. The van der Waals surface area contributed by atoms with Gasteiger partial charge in [-0.05, 0) is 54.7 Å². The predicted molar refractivity (Wildman–Crippen MR) is 105 cm³/mol. The number of para-hydroxylation sites is 1. The number of hydrogen-bond donors (Lipinski definition) is 0. The molecule has 3 aromatic rings. The topological polar surface area (TPSA) is 69.9 Å². The molecule has 4 rings (SSSR count). The van der Waals surface area contributed by atoms with Crippen LogP contribution in [-0.4, -0.2) is 16.1 Å². The van der Waals surface area contributed by atoms with Crippen molar-refractivity contribution >= 4 is 28.1 Å². The Hall–Kier alpha value is -3.04. The normalized spacial score (nSPS) is 17.9. The van der Waals surface area contributed by atoms with Crippen molar-refractivity contribution < 1.29 is 4.79 Å². The summed E-state index contributed by atoms with van der Waals surface area (Å²) in [6.07, 6.45) is 2.02. The van der Waals surface area contributed by atoms with Crippen molar-refractivity contribution in [1.29, 1.82) is 5.26 Å². The van der Waals surface area contributed by atoms with Crippen molar-refractivity contribution in [2.24, 2.45) is 5.41 Å². The summed E-state index contributed by atoms with van der Waals surface area (Å²) in [6.45, 7) is 2.05. The number of carbonyl (C=O) groups is 1. The molecule has 1 aliphatic carbocycles. The first-order chi connectivity index (χ1) is 13.2. The summed E-state index contributed by atoms with van der Waals surface area (Å²) in [5, 5.41) is 17.8. The number of fused-ring (bicyclic) bond motifs is 1. The lowest BCUT2D eigenvalue weighted by Gasteiger charge is -2.32.